The summed E-state index contributed by atoms with van der Waals surface area (Å²) in [4.78, 5) is 27.7. The molecule has 2 amide bonds. The van der Waals surface area contributed by atoms with Crippen molar-refractivity contribution in [3.8, 4) is 0 Å². The van der Waals surface area contributed by atoms with Crippen molar-refractivity contribution in [2.45, 2.75) is 25.4 Å². The molecule has 3 rings (SSSR count). The Bertz CT molecular complexity index is 653. The van der Waals surface area contributed by atoms with E-state index in [1.807, 2.05) is 31.2 Å². The Morgan fingerprint density at radius 3 is 3.05 bits per heavy atom. The molecule has 21 heavy (non-hydrogen) atoms. The zero-order valence-corrected chi connectivity index (χ0v) is 13.1. The number of carbonyl (C=O) groups excluding carboxylic acids is 2. The summed E-state index contributed by atoms with van der Waals surface area (Å²) in [6, 6.07) is 7.57. The summed E-state index contributed by atoms with van der Waals surface area (Å²) in [6.07, 6.45) is 0.693. The zero-order chi connectivity index (χ0) is 14.8. The number of nitrogens with zero attached hydrogens (tertiary/aromatic N) is 1. The highest BCUT2D eigenvalue weighted by Gasteiger charge is 2.28. The Labute approximate surface area is 130 Å². The molecule has 110 valence electrons. The van der Waals surface area contributed by atoms with Crippen LogP contribution in [-0.2, 0) is 11.2 Å². The van der Waals surface area contributed by atoms with E-state index in [0.29, 0.717) is 12.2 Å². The van der Waals surface area contributed by atoms with Crippen LogP contribution >= 0.6 is 23.1 Å². The van der Waals surface area contributed by atoms with E-state index in [2.05, 4.69) is 15.6 Å². The number of hydrogen-bond acceptors (Lipinski definition) is 5. The normalized spacial score (nSPS) is 19.5. The van der Waals surface area contributed by atoms with Crippen molar-refractivity contribution in [3.05, 3.63) is 29.3 Å². The van der Waals surface area contributed by atoms with Crippen LogP contribution in [0.2, 0.25) is 0 Å². The molecule has 1 aliphatic heterocycles. The van der Waals surface area contributed by atoms with E-state index in [1.54, 1.807) is 11.3 Å². The lowest BCUT2D eigenvalue weighted by Crippen LogP contribution is -2.46. The van der Waals surface area contributed by atoms with Gasteiger partial charge in [-0.3, -0.25) is 9.59 Å². The lowest BCUT2D eigenvalue weighted by atomic mass is 10.2. The van der Waals surface area contributed by atoms with Crippen LogP contribution in [0.25, 0.3) is 10.2 Å². The molecular formula is C14H15N3O2S2. The molecule has 2 N–H and O–H groups in total. The number of para-hydroxylation sites is 1. The first-order valence-electron chi connectivity index (χ1n) is 6.70. The maximum atomic E-state index is 12.0. The minimum absolute atomic E-state index is 0.0134. The largest absolute Gasteiger partial charge is 0.351 e. The molecule has 1 aromatic heterocycles. The number of carbonyl (C=O) groups is 2. The fraction of sp³-hybridized carbons (Fsp3) is 0.357. The van der Waals surface area contributed by atoms with Crippen molar-refractivity contribution in [2.24, 2.45) is 0 Å². The molecule has 2 atom stereocenters. The van der Waals surface area contributed by atoms with E-state index in [9.17, 15) is 9.59 Å². The van der Waals surface area contributed by atoms with Crippen LogP contribution in [-0.4, -0.2) is 34.0 Å². The molecule has 7 heteroatoms. The third kappa shape index (κ3) is 3.36. The van der Waals surface area contributed by atoms with E-state index in [-0.39, 0.29) is 17.2 Å². The fourth-order valence-corrected chi connectivity index (χ4v) is 4.06. The first-order chi connectivity index (χ1) is 10.1. The summed E-state index contributed by atoms with van der Waals surface area (Å²) < 4.78 is 1.16. The molecular weight excluding hydrogens is 306 g/mol. The molecule has 2 aromatic rings. The topological polar surface area (TPSA) is 71.1 Å². The minimum atomic E-state index is -0.416. The van der Waals surface area contributed by atoms with Crippen LogP contribution in [0.15, 0.2) is 24.3 Å². The minimum Gasteiger partial charge on any atom is -0.351 e. The number of benzene rings is 1. The van der Waals surface area contributed by atoms with E-state index in [1.165, 1.54) is 0 Å². The quantitative estimate of drug-likeness (QED) is 0.905. The highest BCUT2D eigenvalue weighted by Crippen LogP contribution is 2.22. The lowest BCUT2D eigenvalue weighted by molar-refractivity contribution is -0.122. The lowest BCUT2D eigenvalue weighted by Gasteiger charge is -2.15. The Morgan fingerprint density at radius 1 is 1.52 bits per heavy atom. The van der Waals surface area contributed by atoms with Crippen molar-refractivity contribution >= 4 is 44.5 Å². The number of thiazole rings is 1. The molecule has 0 aliphatic carbocycles. The average Bonchev–Trinajstić information content (AvgIpc) is 3.03. The second-order valence-electron chi connectivity index (χ2n) is 4.98. The van der Waals surface area contributed by atoms with Gasteiger partial charge >= 0.3 is 0 Å². The summed E-state index contributed by atoms with van der Waals surface area (Å²) in [5.74, 6) is 0.375. The standard InChI is InChI=1S/C14H15N3O2S2/c1-8(15-13(18)10-7-20-14(19)17-10)6-12-16-9-4-2-3-5-11(9)21-12/h2-5,8,10H,6-7H2,1H3,(H,15,18)(H,17,19)/t8-,10-/m0/s1. The average molecular weight is 321 g/mol. The van der Waals surface area contributed by atoms with Crippen molar-refractivity contribution in [1.82, 2.24) is 15.6 Å². The predicted molar refractivity (Wildman–Crippen MR) is 85.7 cm³/mol. The van der Waals surface area contributed by atoms with Gasteiger partial charge < -0.3 is 10.6 Å². The first-order valence-corrected chi connectivity index (χ1v) is 8.50. The van der Waals surface area contributed by atoms with E-state index in [0.717, 1.165) is 27.0 Å². The number of nitrogens with one attached hydrogen (secondary N) is 2. The smallest absolute Gasteiger partial charge is 0.279 e. The first kappa shape index (κ1) is 14.3. The third-order valence-electron chi connectivity index (χ3n) is 3.20. The highest BCUT2D eigenvalue weighted by atomic mass is 32.2. The van der Waals surface area contributed by atoms with Gasteiger partial charge in [0.05, 0.1) is 15.2 Å². The van der Waals surface area contributed by atoms with Crippen LogP contribution in [0, 0.1) is 0 Å². The van der Waals surface area contributed by atoms with Gasteiger partial charge in [0.2, 0.25) is 5.91 Å². The second-order valence-corrected chi connectivity index (χ2v) is 7.09. The zero-order valence-electron chi connectivity index (χ0n) is 11.5. The second kappa shape index (κ2) is 6.03. The monoisotopic (exact) mass is 321 g/mol. The number of hydrogen-bond donors (Lipinski definition) is 2. The summed E-state index contributed by atoms with van der Waals surface area (Å²) in [5.41, 5.74) is 0.996. The van der Waals surface area contributed by atoms with Gasteiger partial charge in [0, 0.05) is 18.2 Å². The number of aromatic nitrogens is 1. The summed E-state index contributed by atoms with van der Waals surface area (Å²) in [6.45, 7) is 1.95. The molecule has 1 saturated heterocycles. The van der Waals surface area contributed by atoms with Crippen molar-refractivity contribution < 1.29 is 9.59 Å². The molecule has 1 aromatic carbocycles. The van der Waals surface area contributed by atoms with Gasteiger partial charge in [-0.2, -0.15) is 0 Å². The molecule has 0 radical (unpaired) electrons. The number of amides is 2. The van der Waals surface area contributed by atoms with E-state index in [4.69, 9.17) is 0 Å². The van der Waals surface area contributed by atoms with Crippen LogP contribution in [0.1, 0.15) is 11.9 Å². The molecule has 0 spiro atoms. The Balaban J connectivity index is 1.59. The van der Waals surface area contributed by atoms with Crippen LogP contribution in [0.4, 0.5) is 4.79 Å². The van der Waals surface area contributed by atoms with Crippen LogP contribution in [0.5, 0.6) is 0 Å². The Kier molecular flexibility index (Phi) is 4.12. The Hall–Kier alpha value is -1.60. The molecule has 1 aliphatic rings. The summed E-state index contributed by atoms with van der Waals surface area (Å²) >= 11 is 2.80. The molecule has 1 fully saturated rings. The molecule has 0 bridgehead atoms. The fourth-order valence-electron chi connectivity index (χ4n) is 2.19. The van der Waals surface area contributed by atoms with Crippen molar-refractivity contribution in [2.75, 3.05) is 5.75 Å². The number of thioether (sulfide) groups is 1. The Morgan fingerprint density at radius 2 is 2.33 bits per heavy atom. The number of rotatable bonds is 4. The van der Waals surface area contributed by atoms with Gasteiger partial charge in [-0.25, -0.2) is 4.98 Å². The summed E-state index contributed by atoms with van der Waals surface area (Å²) in [7, 11) is 0. The van der Waals surface area contributed by atoms with Gasteiger partial charge in [-0.15, -0.1) is 11.3 Å². The van der Waals surface area contributed by atoms with Crippen molar-refractivity contribution in [1.29, 1.82) is 0 Å². The van der Waals surface area contributed by atoms with Gasteiger partial charge in [0.25, 0.3) is 5.24 Å². The van der Waals surface area contributed by atoms with Crippen molar-refractivity contribution in [3.63, 3.8) is 0 Å². The van der Waals surface area contributed by atoms with Crippen LogP contribution in [0.3, 0.4) is 0 Å². The van der Waals surface area contributed by atoms with Gasteiger partial charge in [-0.05, 0) is 19.1 Å². The van der Waals surface area contributed by atoms with Gasteiger partial charge in [0.1, 0.15) is 6.04 Å². The highest BCUT2D eigenvalue weighted by molar-refractivity contribution is 8.14. The van der Waals surface area contributed by atoms with E-state index < -0.39 is 6.04 Å². The third-order valence-corrected chi connectivity index (χ3v) is 5.14. The summed E-state index contributed by atoms with van der Waals surface area (Å²) in [5, 5.41) is 6.46. The van der Waals surface area contributed by atoms with E-state index >= 15 is 0 Å². The molecule has 0 unspecified atom stereocenters. The van der Waals surface area contributed by atoms with Gasteiger partial charge in [-0.1, -0.05) is 23.9 Å². The predicted octanol–water partition coefficient (Wildman–Crippen LogP) is 2.17. The van der Waals surface area contributed by atoms with Gasteiger partial charge in [0.15, 0.2) is 0 Å². The molecule has 2 heterocycles. The SMILES string of the molecule is C[C@@H](Cc1nc2ccccc2s1)NC(=O)[C@@H]1CSC(=O)N1. The molecule has 5 nitrogen and oxygen atoms in total. The number of fused-ring (bicyclic) bond motifs is 1. The maximum absolute atomic E-state index is 12.0. The van der Waals surface area contributed by atoms with Crippen LogP contribution < -0.4 is 10.6 Å². The molecule has 0 saturated carbocycles. The maximum Gasteiger partial charge on any atom is 0.279 e.